The summed E-state index contributed by atoms with van der Waals surface area (Å²) < 4.78 is 0. The molecule has 2 aromatic carbocycles. The molecular weight excluding hydrogens is 262 g/mol. The van der Waals surface area contributed by atoms with Crippen LogP contribution in [0.1, 0.15) is 29.7 Å². The lowest BCUT2D eigenvalue weighted by atomic mass is 10.0. The van der Waals surface area contributed by atoms with E-state index in [0.717, 1.165) is 18.4 Å². The van der Waals surface area contributed by atoms with Gasteiger partial charge in [-0.1, -0.05) is 61.5 Å². The minimum atomic E-state index is -0.840. The fraction of sp³-hybridized carbons (Fsp3) is 0.278. The summed E-state index contributed by atoms with van der Waals surface area (Å²) in [5.41, 5.74) is 3.22. The first-order chi connectivity index (χ1) is 10.2. The van der Waals surface area contributed by atoms with E-state index in [1.165, 1.54) is 11.1 Å². The van der Waals surface area contributed by atoms with Crippen molar-refractivity contribution in [3.05, 3.63) is 71.3 Å². The summed E-state index contributed by atoms with van der Waals surface area (Å²) in [7, 11) is 0. The quantitative estimate of drug-likeness (QED) is 0.820. The smallest absolute Gasteiger partial charge is 0.325 e. The van der Waals surface area contributed by atoms with Crippen molar-refractivity contribution in [1.29, 1.82) is 0 Å². The number of aryl methyl sites for hydroxylation is 1. The Bertz CT molecular complexity index is 564. The molecule has 0 radical (unpaired) electrons. The Balaban J connectivity index is 1.97. The van der Waals surface area contributed by atoms with E-state index in [1.54, 1.807) is 0 Å². The molecule has 0 aliphatic rings. The third-order valence-electron chi connectivity index (χ3n) is 3.57. The van der Waals surface area contributed by atoms with Crippen molar-refractivity contribution in [2.75, 3.05) is 6.54 Å². The van der Waals surface area contributed by atoms with Gasteiger partial charge in [0, 0.05) is 6.54 Å². The van der Waals surface area contributed by atoms with Crippen molar-refractivity contribution in [3.8, 4) is 0 Å². The van der Waals surface area contributed by atoms with Gasteiger partial charge in [-0.3, -0.25) is 4.79 Å². The Hall–Kier alpha value is -2.13. The molecule has 2 N–H and O–H groups in total. The van der Waals surface area contributed by atoms with Gasteiger partial charge in [0.25, 0.3) is 0 Å². The molecule has 0 aliphatic carbocycles. The first-order valence-corrected chi connectivity index (χ1v) is 7.29. The van der Waals surface area contributed by atoms with E-state index in [9.17, 15) is 9.90 Å². The summed E-state index contributed by atoms with van der Waals surface area (Å²) >= 11 is 0. The van der Waals surface area contributed by atoms with Crippen LogP contribution in [0.15, 0.2) is 54.6 Å². The molecule has 0 aromatic heterocycles. The third-order valence-corrected chi connectivity index (χ3v) is 3.57. The van der Waals surface area contributed by atoms with Crippen molar-refractivity contribution < 1.29 is 9.90 Å². The number of carbonyl (C=O) groups is 1. The Kier molecular flexibility index (Phi) is 5.52. The molecule has 0 saturated heterocycles. The Morgan fingerprint density at radius 1 is 1.05 bits per heavy atom. The first kappa shape index (κ1) is 15.3. The van der Waals surface area contributed by atoms with Gasteiger partial charge in [-0.25, -0.2) is 0 Å². The summed E-state index contributed by atoms with van der Waals surface area (Å²) in [5.74, 6) is -0.840. The largest absolute Gasteiger partial charge is 0.480 e. The highest BCUT2D eigenvalue weighted by molar-refractivity contribution is 5.75. The lowest BCUT2D eigenvalue weighted by Gasteiger charge is -2.15. The second kappa shape index (κ2) is 7.60. The molecule has 0 heterocycles. The highest BCUT2D eigenvalue weighted by Crippen LogP contribution is 2.15. The standard InChI is InChI=1S/C18H21NO2/c1-2-14-8-10-16(11-9-14)17(18(20)21)19-13-12-15-6-4-3-5-7-15/h3-11,17,19H,2,12-13H2,1H3,(H,20,21). The minimum Gasteiger partial charge on any atom is -0.480 e. The van der Waals surface area contributed by atoms with Crippen LogP contribution in [-0.2, 0) is 17.6 Å². The van der Waals surface area contributed by atoms with Gasteiger partial charge in [0.1, 0.15) is 6.04 Å². The predicted molar refractivity (Wildman–Crippen MR) is 84.3 cm³/mol. The minimum absolute atomic E-state index is 0.635. The lowest BCUT2D eigenvalue weighted by Crippen LogP contribution is -2.30. The normalized spacial score (nSPS) is 12.0. The molecule has 3 heteroatoms. The average molecular weight is 283 g/mol. The van der Waals surface area contributed by atoms with E-state index in [2.05, 4.69) is 12.2 Å². The number of benzene rings is 2. The third kappa shape index (κ3) is 4.43. The highest BCUT2D eigenvalue weighted by atomic mass is 16.4. The van der Waals surface area contributed by atoms with Crippen LogP contribution in [0.25, 0.3) is 0 Å². The van der Waals surface area contributed by atoms with Crippen LogP contribution in [0.2, 0.25) is 0 Å². The van der Waals surface area contributed by atoms with E-state index >= 15 is 0 Å². The monoisotopic (exact) mass is 283 g/mol. The molecule has 0 fully saturated rings. The zero-order valence-electron chi connectivity index (χ0n) is 12.3. The van der Waals surface area contributed by atoms with Crippen LogP contribution in [0, 0.1) is 0 Å². The Labute approximate surface area is 125 Å². The first-order valence-electron chi connectivity index (χ1n) is 7.29. The number of nitrogens with one attached hydrogen (secondary N) is 1. The van der Waals surface area contributed by atoms with Crippen LogP contribution < -0.4 is 5.32 Å². The molecule has 3 nitrogen and oxygen atoms in total. The zero-order chi connectivity index (χ0) is 15.1. The van der Waals surface area contributed by atoms with Gasteiger partial charge in [-0.15, -0.1) is 0 Å². The van der Waals surface area contributed by atoms with E-state index in [1.807, 2.05) is 54.6 Å². The van der Waals surface area contributed by atoms with Crippen LogP contribution in [0.4, 0.5) is 0 Å². The maximum absolute atomic E-state index is 11.4. The van der Waals surface area contributed by atoms with E-state index in [0.29, 0.717) is 6.54 Å². The van der Waals surface area contributed by atoms with Crippen LogP contribution in [0.3, 0.4) is 0 Å². The number of rotatable bonds is 7. The van der Waals surface area contributed by atoms with E-state index in [4.69, 9.17) is 0 Å². The molecule has 21 heavy (non-hydrogen) atoms. The van der Waals surface area contributed by atoms with Crippen molar-refractivity contribution >= 4 is 5.97 Å². The summed E-state index contributed by atoms with van der Waals surface area (Å²) in [5, 5.41) is 12.5. The number of carboxylic acids is 1. The van der Waals surface area contributed by atoms with Gasteiger partial charge in [-0.05, 0) is 29.5 Å². The van der Waals surface area contributed by atoms with E-state index < -0.39 is 12.0 Å². The summed E-state index contributed by atoms with van der Waals surface area (Å²) in [6.07, 6.45) is 1.77. The van der Waals surface area contributed by atoms with Gasteiger partial charge in [-0.2, -0.15) is 0 Å². The van der Waals surface area contributed by atoms with Crippen molar-refractivity contribution in [3.63, 3.8) is 0 Å². The van der Waals surface area contributed by atoms with Gasteiger partial charge < -0.3 is 10.4 Å². The maximum atomic E-state index is 11.4. The summed E-state index contributed by atoms with van der Waals surface area (Å²) in [6, 6.07) is 17.2. The summed E-state index contributed by atoms with van der Waals surface area (Å²) in [6.45, 7) is 2.72. The Morgan fingerprint density at radius 2 is 1.71 bits per heavy atom. The molecule has 0 aliphatic heterocycles. The SMILES string of the molecule is CCc1ccc(C(NCCc2ccccc2)C(=O)O)cc1. The number of carboxylic acid groups (broad SMARTS) is 1. The van der Waals surface area contributed by atoms with Crippen molar-refractivity contribution in [2.45, 2.75) is 25.8 Å². The Morgan fingerprint density at radius 3 is 2.29 bits per heavy atom. The topological polar surface area (TPSA) is 49.3 Å². The predicted octanol–water partition coefficient (Wildman–Crippen LogP) is 3.21. The molecule has 2 rings (SSSR count). The highest BCUT2D eigenvalue weighted by Gasteiger charge is 2.18. The molecule has 1 unspecified atom stereocenters. The molecule has 2 aromatic rings. The number of aliphatic carboxylic acids is 1. The number of hydrogen-bond donors (Lipinski definition) is 2. The second-order valence-electron chi connectivity index (χ2n) is 5.06. The molecule has 0 amide bonds. The molecule has 110 valence electrons. The maximum Gasteiger partial charge on any atom is 0.325 e. The van der Waals surface area contributed by atoms with Gasteiger partial charge >= 0.3 is 5.97 Å². The molecule has 0 saturated carbocycles. The van der Waals surface area contributed by atoms with Gasteiger partial charge in [0.15, 0.2) is 0 Å². The molecule has 1 atom stereocenters. The second-order valence-corrected chi connectivity index (χ2v) is 5.06. The van der Waals surface area contributed by atoms with Crippen LogP contribution >= 0.6 is 0 Å². The van der Waals surface area contributed by atoms with Crippen molar-refractivity contribution in [1.82, 2.24) is 5.32 Å². The van der Waals surface area contributed by atoms with Crippen LogP contribution in [-0.4, -0.2) is 17.6 Å². The van der Waals surface area contributed by atoms with Crippen LogP contribution in [0.5, 0.6) is 0 Å². The zero-order valence-corrected chi connectivity index (χ0v) is 12.3. The average Bonchev–Trinajstić information content (AvgIpc) is 2.52. The lowest BCUT2D eigenvalue weighted by molar-refractivity contribution is -0.139. The van der Waals surface area contributed by atoms with Crippen molar-refractivity contribution in [2.24, 2.45) is 0 Å². The van der Waals surface area contributed by atoms with Gasteiger partial charge in [0.05, 0.1) is 0 Å². The van der Waals surface area contributed by atoms with E-state index in [-0.39, 0.29) is 0 Å². The molecule has 0 bridgehead atoms. The molecule has 0 spiro atoms. The number of hydrogen-bond acceptors (Lipinski definition) is 2. The van der Waals surface area contributed by atoms with Gasteiger partial charge in [0.2, 0.25) is 0 Å². The fourth-order valence-corrected chi connectivity index (χ4v) is 2.30. The molecular formula is C18H21NO2. The summed E-state index contributed by atoms with van der Waals surface area (Å²) in [4.78, 5) is 11.4. The fourth-order valence-electron chi connectivity index (χ4n) is 2.30.